The number of hydrogen-bond acceptors (Lipinski definition) is 2. The van der Waals surface area contributed by atoms with Crippen molar-refractivity contribution in [2.75, 3.05) is 0 Å². The van der Waals surface area contributed by atoms with E-state index >= 15 is 0 Å². The molecule has 1 heterocycles. The van der Waals surface area contributed by atoms with Gasteiger partial charge < -0.3 is 10.7 Å². The van der Waals surface area contributed by atoms with Gasteiger partial charge in [0, 0.05) is 11.7 Å². The van der Waals surface area contributed by atoms with Crippen molar-refractivity contribution in [1.82, 2.24) is 4.98 Å². The summed E-state index contributed by atoms with van der Waals surface area (Å²) >= 11 is 0. The first-order valence-corrected chi connectivity index (χ1v) is 4.51. The van der Waals surface area contributed by atoms with E-state index in [0.717, 1.165) is 16.5 Å². The van der Waals surface area contributed by atoms with Crippen LogP contribution >= 0.6 is 0 Å². The zero-order chi connectivity index (χ0) is 10.1. The van der Waals surface area contributed by atoms with Gasteiger partial charge in [-0.25, -0.2) is 0 Å². The summed E-state index contributed by atoms with van der Waals surface area (Å²) in [5.41, 5.74) is 7.66. The first-order valence-electron chi connectivity index (χ1n) is 4.51. The van der Waals surface area contributed by atoms with Crippen LogP contribution in [0.25, 0.3) is 10.9 Å². The van der Waals surface area contributed by atoms with Crippen molar-refractivity contribution in [3.05, 3.63) is 36.0 Å². The average molecular weight is 188 g/mol. The third-order valence-electron chi connectivity index (χ3n) is 2.37. The second-order valence-electron chi connectivity index (χ2n) is 3.41. The molecule has 0 radical (unpaired) electrons. The Morgan fingerprint density at radius 2 is 2.21 bits per heavy atom. The summed E-state index contributed by atoms with van der Waals surface area (Å²) in [6.07, 6.45) is 1.87. The number of rotatable bonds is 2. The Morgan fingerprint density at radius 1 is 1.43 bits per heavy atom. The van der Waals surface area contributed by atoms with Gasteiger partial charge in [-0.05, 0) is 36.1 Å². The highest BCUT2D eigenvalue weighted by atomic mass is 16.1. The lowest BCUT2D eigenvalue weighted by Crippen LogP contribution is -2.18. The third-order valence-corrected chi connectivity index (χ3v) is 2.37. The summed E-state index contributed by atoms with van der Waals surface area (Å²) < 4.78 is 0. The van der Waals surface area contributed by atoms with Gasteiger partial charge in [0.1, 0.15) is 0 Å². The normalized spacial score (nSPS) is 13.0. The van der Waals surface area contributed by atoms with E-state index in [1.165, 1.54) is 6.92 Å². The highest BCUT2D eigenvalue weighted by Crippen LogP contribution is 2.18. The maximum atomic E-state index is 11.1. The van der Waals surface area contributed by atoms with E-state index in [4.69, 9.17) is 5.73 Å². The molecule has 1 atom stereocenters. The van der Waals surface area contributed by atoms with E-state index in [9.17, 15) is 4.79 Å². The summed E-state index contributed by atoms with van der Waals surface area (Å²) in [5.74, 6) is -0.0140. The Labute approximate surface area is 81.9 Å². The average Bonchev–Trinajstić information content (AvgIpc) is 2.62. The van der Waals surface area contributed by atoms with E-state index in [0.29, 0.717) is 0 Å². The molecule has 72 valence electrons. The topological polar surface area (TPSA) is 58.9 Å². The lowest BCUT2D eigenvalue weighted by atomic mass is 10.0. The second-order valence-corrected chi connectivity index (χ2v) is 3.41. The molecule has 3 heteroatoms. The van der Waals surface area contributed by atoms with Gasteiger partial charge in [0.25, 0.3) is 0 Å². The molecule has 0 spiro atoms. The molecular formula is C11H12N2O. The van der Waals surface area contributed by atoms with Crippen molar-refractivity contribution in [2.45, 2.75) is 13.0 Å². The summed E-state index contributed by atoms with van der Waals surface area (Å²) in [7, 11) is 0. The van der Waals surface area contributed by atoms with Gasteiger partial charge in [-0.2, -0.15) is 0 Å². The molecule has 2 rings (SSSR count). The first kappa shape index (κ1) is 8.97. The van der Waals surface area contributed by atoms with Crippen LogP contribution in [0.3, 0.4) is 0 Å². The van der Waals surface area contributed by atoms with Gasteiger partial charge in [0.2, 0.25) is 0 Å². The maximum absolute atomic E-state index is 11.1. The fourth-order valence-corrected chi connectivity index (χ4v) is 1.50. The van der Waals surface area contributed by atoms with Crippen LogP contribution in [0, 0.1) is 0 Å². The number of Topliss-reactive ketones (excluding diaryl/α,β-unsaturated/α-hetero) is 1. The van der Waals surface area contributed by atoms with Crippen molar-refractivity contribution in [2.24, 2.45) is 5.73 Å². The van der Waals surface area contributed by atoms with Crippen molar-refractivity contribution in [3.63, 3.8) is 0 Å². The molecule has 14 heavy (non-hydrogen) atoms. The molecule has 0 aliphatic carbocycles. The maximum Gasteiger partial charge on any atom is 0.150 e. The number of ketones is 1. The van der Waals surface area contributed by atoms with Crippen LogP contribution in [0.4, 0.5) is 0 Å². The molecule has 3 N–H and O–H groups in total. The number of aromatic amines is 1. The van der Waals surface area contributed by atoms with Gasteiger partial charge in [0.05, 0.1) is 6.04 Å². The van der Waals surface area contributed by atoms with Crippen molar-refractivity contribution >= 4 is 16.7 Å². The monoisotopic (exact) mass is 188 g/mol. The molecule has 0 saturated carbocycles. The number of fused-ring (bicyclic) bond motifs is 1. The van der Waals surface area contributed by atoms with E-state index in [1.54, 1.807) is 0 Å². The zero-order valence-corrected chi connectivity index (χ0v) is 7.95. The molecule has 0 fully saturated rings. The van der Waals surface area contributed by atoms with Crippen molar-refractivity contribution in [3.8, 4) is 0 Å². The van der Waals surface area contributed by atoms with E-state index in [-0.39, 0.29) is 5.78 Å². The molecule has 0 bridgehead atoms. The fourth-order valence-electron chi connectivity index (χ4n) is 1.50. The van der Waals surface area contributed by atoms with Crippen LogP contribution in [0.2, 0.25) is 0 Å². The lowest BCUT2D eigenvalue weighted by Gasteiger charge is -2.07. The Bertz CT molecular complexity index is 473. The Morgan fingerprint density at radius 3 is 2.93 bits per heavy atom. The number of carbonyl (C=O) groups is 1. The van der Waals surface area contributed by atoms with E-state index < -0.39 is 6.04 Å². The van der Waals surface area contributed by atoms with Crippen LogP contribution < -0.4 is 5.73 Å². The summed E-state index contributed by atoms with van der Waals surface area (Å²) in [6, 6.07) is 7.22. The molecule has 1 aromatic heterocycles. The van der Waals surface area contributed by atoms with Gasteiger partial charge in [-0.3, -0.25) is 4.79 Å². The van der Waals surface area contributed by atoms with Crippen molar-refractivity contribution < 1.29 is 4.79 Å². The standard InChI is InChI=1S/C11H12N2O/c1-7(14)11(12)9-2-3-10-8(6-9)4-5-13-10/h2-6,11,13H,12H2,1H3. The van der Waals surface area contributed by atoms with Gasteiger partial charge in [0.15, 0.2) is 5.78 Å². The van der Waals surface area contributed by atoms with E-state index in [2.05, 4.69) is 4.98 Å². The molecule has 1 aromatic carbocycles. The second kappa shape index (κ2) is 3.27. The molecule has 1 unspecified atom stereocenters. The minimum atomic E-state index is -0.505. The summed E-state index contributed by atoms with van der Waals surface area (Å²) in [6.45, 7) is 1.51. The fraction of sp³-hybridized carbons (Fsp3) is 0.182. The molecule has 0 aliphatic rings. The minimum absolute atomic E-state index is 0.0140. The number of nitrogens with two attached hydrogens (primary N) is 1. The molecule has 2 aromatic rings. The third kappa shape index (κ3) is 1.42. The Hall–Kier alpha value is -1.61. The molecule has 3 nitrogen and oxygen atoms in total. The highest BCUT2D eigenvalue weighted by Gasteiger charge is 2.10. The Kier molecular flexibility index (Phi) is 2.09. The molecule has 0 amide bonds. The van der Waals surface area contributed by atoms with Gasteiger partial charge in [-0.15, -0.1) is 0 Å². The smallest absolute Gasteiger partial charge is 0.150 e. The number of nitrogens with one attached hydrogen (secondary N) is 1. The summed E-state index contributed by atoms with van der Waals surface area (Å²) in [4.78, 5) is 14.2. The minimum Gasteiger partial charge on any atom is -0.361 e. The number of hydrogen-bond donors (Lipinski definition) is 2. The van der Waals surface area contributed by atoms with Crippen LogP contribution in [0.5, 0.6) is 0 Å². The van der Waals surface area contributed by atoms with Crippen LogP contribution in [0.1, 0.15) is 18.5 Å². The Balaban J connectivity index is 2.48. The quantitative estimate of drug-likeness (QED) is 0.754. The number of carbonyl (C=O) groups excluding carboxylic acids is 1. The zero-order valence-electron chi connectivity index (χ0n) is 7.95. The first-order chi connectivity index (χ1) is 6.68. The predicted molar refractivity (Wildman–Crippen MR) is 55.9 cm³/mol. The summed E-state index contributed by atoms with van der Waals surface area (Å²) in [5, 5.41) is 1.08. The van der Waals surface area contributed by atoms with Crippen LogP contribution in [0.15, 0.2) is 30.5 Å². The van der Waals surface area contributed by atoms with Crippen LogP contribution in [-0.2, 0) is 4.79 Å². The van der Waals surface area contributed by atoms with Crippen LogP contribution in [-0.4, -0.2) is 10.8 Å². The number of H-pyrrole nitrogens is 1. The number of aromatic nitrogens is 1. The van der Waals surface area contributed by atoms with Crippen molar-refractivity contribution in [1.29, 1.82) is 0 Å². The SMILES string of the molecule is CC(=O)C(N)c1ccc2[nH]ccc2c1. The highest BCUT2D eigenvalue weighted by molar-refractivity contribution is 5.86. The number of benzene rings is 1. The largest absolute Gasteiger partial charge is 0.361 e. The van der Waals surface area contributed by atoms with Gasteiger partial charge in [-0.1, -0.05) is 6.07 Å². The molecule has 0 saturated heterocycles. The van der Waals surface area contributed by atoms with Gasteiger partial charge >= 0.3 is 0 Å². The molecular weight excluding hydrogens is 176 g/mol. The lowest BCUT2D eigenvalue weighted by molar-refractivity contribution is -0.118. The molecule has 0 aliphatic heterocycles. The predicted octanol–water partition coefficient (Wildman–Crippen LogP) is 1.76. The van der Waals surface area contributed by atoms with E-state index in [1.807, 2.05) is 30.5 Å².